The van der Waals surface area contributed by atoms with Gasteiger partial charge in [0.05, 0.1) is 21.8 Å². The molecule has 204 valence electrons. The van der Waals surface area contributed by atoms with Gasteiger partial charge in [-0.3, -0.25) is 14.5 Å². The predicted molar refractivity (Wildman–Crippen MR) is 150 cm³/mol. The molecule has 2 heterocycles. The van der Waals surface area contributed by atoms with Crippen molar-refractivity contribution in [2.24, 2.45) is 0 Å². The number of benzene rings is 3. The number of alkyl halides is 3. The summed E-state index contributed by atoms with van der Waals surface area (Å²) in [6.45, 7) is 3.54. The largest absolute Gasteiger partial charge is 0.416 e. The second kappa shape index (κ2) is 11.0. The summed E-state index contributed by atoms with van der Waals surface area (Å²) in [7, 11) is 0. The lowest BCUT2D eigenvalue weighted by molar-refractivity contribution is -0.137. The number of carbonyl (C=O) groups excluding carboxylic acids is 2. The van der Waals surface area contributed by atoms with Gasteiger partial charge in [-0.25, -0.2) is 4.68 Å². The van der Waals surface area contributed by atoms with Gasteiger partial charge < -0.3 is 5.32 Å². The van der Waals surface area contributed by atoms with E-state index in [0.29, 0.717) is 5.69 Å². The number of halogens is 3. The summed E-state index contributed by atoms with van der Waals surface area (Å²) in [6, 6.07) is 23.7. The fraction of sp³-hybridized carbons (Fsp3) is 0.167. The number of aryl methyl sites for hydroxylation is 1. The molecular weight excluding hydrogens is 537 g/mol. The second-order valence-corrected chi connectivity index (χ2v) is 10.3. The maximum Gasteiger partial charge on any atom is 0.416 e. The highest BCUT2D eigenvalue weighted by molar-refractivity contribution is 7.20. The summed E-state index contributed by atoms with van der Waals surface area (Å²) < 4.78 is 42.5. The average molecular weight is 563 g/mol. The average Bonchev–Trinajstić information content (AvgIpc) is 3.53. The highest BCUT2D eigenvalue weighted by Gasteiger charge is 2.34. The van der Waals surface area contributed by atoms with Gasteiger partial charge in [-0.05, 0) is 55.8 Å². The number of aromatic nitrogens is 2. The molecule has 0 aliphatic carbocycles. The monoisotopic (exact) mass is 562 g/mol. The van der Waals surface area contributed by atoms with Crippen LogP contribution in [0.5, 0.6) is 0 Å². The lowest BCUT2D eigenvalue weighted by Crippen LogP contribution is -2.48. The zero-order valence-corrected chi connectivity index (χ0v) is 22.5. The van der Waals surface area contributed by atoms with Crippen LogP contribution in [0.1, 0.15) is 33.4 Å². The minimum atomic E-state index is -4.61. The standard InChI is InChI=1S/C30H25F3N4O2S/c1-19-25-17-26(40-29(25)37(35-19)23-13-7-4-8-14-23)28(39)36(24-15-9-12-22(16-24)30(31,32)33)20(2)27(38)34-18-21-10-5-3-6-11-21/h3-17,20H,18H2,1-2H3,(H,34,38)/t20-/m1/s1. The van der Waals surface area contributed by atoms with Gasteiger partial charge in [0, 0.05) is 17.6 Å². The summed E-state index contributed by atoms with van der Waals surface area (Å²) in [5.41, 5.74) is 1.43. The van der Waals surface area contributed by atoms with Crippen molar-refractivity contribution in [1.29, 1.82) is 0 Å². The lowest BCUT2D eigenvalue weighted by atomic mass is 10.1. The van der Waals surface area contributed by atoms with Crippen LogP contribution in [-0.4, -0.2) is 27.6 Å². The van der Waals surface area contributed by atoms with Crippen molar-refractivity contribution in [1.82, 2.24) is 15.1 Å². The SMILES string of the molecule is Cc1nn(-c2ccccc2)c2sc(C(=O)N(c3cccc(C(F)(F)F)c3)[C@H](C)C(=O)NCc3ccccc3)cc12. The van der Waals surface area contributed by atoms with Gasteiger partial charge in [0.2, 0.25) is 5.91 Å². The molecule has 1 N–H and O–H groups in total. The topological polar surface area (TPSA) is 67.2 Å². The van der Waals surface area contributed by atoms with E-state index in [4.69, 9.17) is 0 Å². The Labute approximate surface area is 232 Å². The molecule has 0 aliphatic heterocycles. The lowest BCUT2D eigenvalue weighted by Gasteiger charge is -2.29. The van der Waals surface area contributed by atoms with Crippen LogP contribution in [0.15, 0.2) is 91.0 Å². The Morgan fingerprint density at radius 3 is 2.33 bits per heavy atom. The molecule has 0 saturated carbocycles. The highest BCUT2D eigenvalue weighted by Crippen LogP contribution is 2.35. The van der Waals surface area contributed by atoms with Crippen LogP contribution in [0.3, 0.4) is 0 Å². The van der Waals surface area contributed by atoms with E-state index in [-0.39, 0.29) is 17.1 Å². The molecule has 6 nitrogen and oxygen atoms in total. The van der Waals surface area contributed by atoms with E-state index in [1.165, 1.54) is 30.4 Å². The molecule has 10 heteroatoms. The number of hydrogen-bond donors (Lipinski definition) is 1. The number of nitrogens with one attached hydrogen (secondary N) is 1. The summed E-state index contributed by atoms with van der Waals surface area (Å²) in [6.07, 6.45) is -4.61. The van der Waals surface area contributed by atoms with E-state index in [0.717, 1.165) is 38.5 Å². The van der Waals surface area contributed by atoms with Gasteiger partial charge in [0.25, 0.3) is 5.91 Å². The van der Waals surface area contributed by atoms with Gasteiger partial charge in [0.1, 0.15) is 10.9 Å². The zero-order valence-electron chi connectivity index (χ0n) is 21.6. The third-order valence-electron chi connectivity index (χ3n) is 6.50. The van der Waals surface area contributed by atoms with Crippen molar-refractivity contribution in [3.63, 3.8) is 0 Å². The maximum absolute atomic E-state index is 14.0. The summed E-state index contributed by atoms with van der Waals surface area (Å²) in [5.74, 6) is -1.08. The number of para-hydroxylation sites is 1. The first-order valence-electron chi connectivity index (χ1n) is 12.5. The Kier molecular flexibility index (Phi) is 7.44. The van der Waals surface area contributed by atoms with E-state index in [1.54, 1.807) is 10.7 Å². The Morgan fingerprint density at radius 1 is 0.975 bits per heavy atom. The molecule has 0 bridgehead atoms. The normalized spacial score (nSPS) is 12.3. The number of nitrogens with zero attached hydrogens (tertiary/aromatic N) is 3. The molecule has 0 saturated heterocycles. The molecule has 5 rings (SSSR count). The van der Waals surface area contributed by atoms with Gasteiger partial charge in [-0.2, -0.15) is 18.3 Å². The fourth-order valence-electron chi connectivity index (χ4n) is 4.41. The van der Waals surface area contributed by atoms with E-state index in [1.807, 2.05) is 67.6 Å². The maximum atomic E-state index is 14.0. The van der Waals surface area contributed by atoms with E-state index < -0.39 is 29.6 Å². The fourth-order valence-corrected chi connectivity index (χ4v) is 5.53. The van der Waals surface area contributed by atoms with Crippen molar-refractivity contribution < 1.29 is 22.8 Å². The summed E-state index contributed by atoms with van der Waals surface area (Å²) >= 11 is 1.18. The van der Waals surface area contributed by atoms with Crippen molar-refractivity contribution in [2.45, 2.75) is 32.6 Å². The Balaban J connectivity index is 1.53. The molecule has 2 aromatic heterocycles. The molecule has 3 aromatic carbocycles. The number of hydrogen-bond acceptors (Lipinski definition) is 4. The molecule has 5 aromatic rings. The van der Waals surface area contributed by atoms with Crippen LogP contribution in [0.25, 0.3) is 15.9 Å². The molecule has 1 atom stereocenters. The number of fused-ring (bicyclic) bond motifs is 1. The number of anilines is 1. The molecular formula is C30H25F3N4O2S. The van der Waals surface area contributed by atoms with Crippen LogP contribution in [0.2, 0.25) is 0 Å². The third-order valence-corrected chi connectivity index (χ3v) is 7.60. The van der Waals surface area contributed by atoms with Crippen LogP contribution >= 0.6 is 11.3 Å². The second-order valence-electron chi connectivity index (χ2n) is 9.26. The molecule has 40 heavy (non-hydrogen) atoms. The third kappa shape index (κ3) is 5.48. The predicted octanol–water partition coefficient (Wildman–Crippen LogP) is 6.77. The van der Waals surface area contributed by atoms with Crippen LogP contribution in [0, 0.1) is 6.92 Å². The number of rotatable bonds is 7. The Bertz CT molecular complexity index is 1660. The minimum Gasteiger partial charge on any atom is -0.350 e. The first-order chi connectivity index (χ1) is 19.1. The number of thiophene rings is 1. The summed E-state index contributed by atoms with van der Waals surface area (Å²) in [4.78, 5) is 29.3. The smallest absolute Gasteiger partial charge is 0.350 e. The minimum absolute atomic E-state index is 0.0268. The van der Waals surface area contributed by atoms with Crippen LogP contribution in [0.4, 0.5) is 18.9 Å². The van der Waals surface area contributed by atoms with E-state index in [9.17, 15) is 22.8 Å². The number of amides is 2. The Morgan fingerprint density at radius 2 is 1.65 bits per heavy atom. The van der Waals surface area contributed by atoms with E-state index >= 15 is 0 Å². The first-order valence-corrected chi connectivity index (χ1v) is 13.3. The molecule has 2 amide bonds. The number of carbonyl (C=O) groups is 2. The quantitative estimate of drug-likeness (QED) is 0.238. The van der Waals surface area contributed by atoms with Crippen molar-refractivity contribution >= 4 is 39.1 Å². The van der Waals surface area contributed by atoms with E-state index in [2.05, 4.69) is 10.4 Å². The van der Waals surface area contributed by atoms with Gasteiger partial charge >= 0.3 is 6.18 Å². The van der Waals surface area contributed by atoms with Gasteiger partial charge in [-0.1, -0.05) is 54.6 Å². The zero-order chi connectivity index (χ0) is 28.4. The molecule has 0 fully saturated rings. The van der Waals surface area contributed by atoms with Gasteiger partial charge in [-0.15, -0.1) is 11.3 Å². The molecule has 0 unspecified atom stereocenters. The van der Waals surface area contributed by atoms with Crippen molar-refractivity contribution in [2.75, 3.05) is 4.90 Å². The Hall–Kier alpha value is -4.44. The molecule has 0 radical (unpaired) electrons. The highest BCUT2D eigenvalue weighted by atomic mass is 32.1. The van der Waals surface area contributed by atoms with Crippen LogP contribution in [-0.2, 0) is 17.5 Å². The van der Waals surface area contributed by atoms with Crippen LogP contribution < -0.4 is 10.2 Å². The van der Waals surface area contributed by atoms with Gasteiger partial charge in [0.15, 0.2) is 0 Å². The molecule has 0 spiro atoms. The summed E-state index contributed by atoms with van der Waals surface area (Å²) in [5, 5.41) is 8.14. The molecule has 0 aliphatic rings. The van der Waals surface area contributed by atoms with Crippen molar-refractivity contribution in [3.05, 3.63) is 113 Å². The van der Waals surface area contributed by atoms with Crippen molar-refractivity contribution in [3.8, 4) is 5.69 Å². The first kappa shape index (κ1) is 27.1.